The summed E-state index contributed by atoms with van der Waals surface area (Å²) in [6.07, 6.45) is -1.43. The number of carboxylic acid groups (broad SMARTS) is 1. The van der Waals surface area contributed by atoms with E-state index in [2.05, 4.69) is 15.0 Å². The first-order valence-corrected chi connectivity index (χ1v) is 11.5. The largest absolute Gasteiger partial charge is 0.480 e. The van der Waals surface area contributed by atoms with Crippen LogP contribution in [0.1, 0.15) is 28.8 Å². The third kappa shape index (κ3) is 6.16. The number of benzene rings is 1. The van der Waals surface area contributed by atoms with E-state index in [0.29, 0.717) is 18.0 Å². The number of halogens is 3. The topological polar surface area (TPSA) is 184 Å². The molecular formula is C20H20ClF2N5O7S. The van der Waals surface area contributed by atoms with Crippen LogP contribution in [-0.4, -0.2) is 68.5 Å². The third-order valence-electron chi connectivity index (χ3n) is 5.17. The van der Waals surface area contributed by atoms with Crippen molar-refractivity contribution in [2.24, 2.45) is 5.73 Å². The van der Waals surface area contributed by atoms with Gasteiger partial charge in [-0.2, -0.15) is 4.37 Å². The number of carboxylic acids is 1. The zero-order valence-electron chi connectivity index (χ0n) is 18.3. The van der Waals surface area contributed by atoms with Gasteiger partial charge < -0.3 is 30.9 Å². The van der Waals surface area contributed by atoms with Crippen LogP contribution in [0.25, 0.3) is 0 Å². The number of nitrogens with two attached hydrogens (primary N) is 1. The summed E-state index contributed by atoms with van der Waals surface area (Å²) in [7, 11) is 0. The van der Waals surface area contributed by atoms with Crippen molar-refractivity contribution in [3.63, 3.8) is 0 Å². The molecule has 4 amide bonds. The molecule has 1 aliphatic heterocycles. The van der Waals surface area contributed by atoms with Crippen molar-refractivity contribution in [1.29, 1.82) is 0 Å². The van der Waals surface area contributed by atoms with E-state index in [1.807, 2.05) is 0 Å². The lowest BCUT2D eigenvalue weighted by molar-refractivity contribution is -0.161. The fourth-order valence-corrected chi connectivity index (χ4v) is 4.15. The first kappa shape index (κ1) is 27.0. The first-order chi connectivity index (χ1) is 17.0. The van der Waals surface area contributed by atoms with Crippen molar-refractivity contribution in [1.82, 2.24) is 14.6 Å². The Morgan fingerprint density at radius 3 is 2.53 bits per heavy atom. The number of aliphatic hydroxyl groups excluding tert-OH is 1. The van der Waals surface area contributed by atoms with E-state index in [1.54, 1.807) is 0 Å². The molecule has 1 aliphatic rings. The molecule has 1 saturated heterocycles. The number of primary amides is 1. The Morgan fingerprint density at radius 2 is 1.97 bits per heavy atom. The average Bonchev–Trinajstić information content (AvgIpc) is 3.14. The number of aromatic nitrogens is 1. The number of rotatable bonds is 10. The van der Waals surface area contributed by atoms with Crippen molar-refractivity contribution in [2.75, 3.05) is 18.4 Å². The van der Waals surface area contributed by atoms with Crippen molar-refractivity contribution < 1.29 is 42.9 Å². The number of nitrogens with one attached hydrogen (secondary N) is 2. The molecule has 3 rings (SSSR count). The highest BCUT2D eigenvalue weighted by Crippen LogP contribution is 2.31. The van der Waals surface area contributed by atoms with Crippen LogP contribution in [0.5, 0.6) is 5.88 Å². The van der Waals surface area contributed by atoms with Gasteiger partial charge in [-0.15, -0.1) is 0 Å². The molecule has 0 radical (unpaired) electrons. The number of hydrogen-bond donors (Lipinski definition) is 5. The summed E-state index contributed by atoms with van der Waals surface area (Å²) >= 11 is 6.19. The van der Waals surface area contributed by atoms with Gasteiger partial charge in [-0.3, -0.25) is 14.9 Å². The summed E-state index contributed by atoms with van der Waals surface area (Å²) in [5, 5.41) is 23.4. The maximum atomic E-state index is 14.0. The van der Waals surface area contributed by atoms with Gasteiger partial charge in [0, 0.05) is 18.1 Å². The smallest absolute Gasteiger partial charge is 0.326 e. The molecule has 1 aromatic carbocycles. The van der Waals surface area contributed by atoms with E-state index in [0.717, 1.165) is 17.0 Å². The molecule has 2 atom stereocenters. The molecule has 2 aromatic rings. The number of aliphatic carboxylic acids is 1. The molecule has 0 saturated carbocycles. The van der Waals surface area contributed by atoms with Gasteiger partial charge in [0.15, 0.2) is 0 Å². The summed E-state index contributed by atoms with van der Waals surface area (Å²) in [5.41, 5.74) is 4.53. The highest BCUT2D eigenvalue weighted by atomic mass is 35.5. The molecule has 1 aromatic heterocycles. The number of hydrogen-bond acceptors (Lipinski definition) is 8. The third-order valence-corrected chi connectivity index (χ3v) is 6.13. The van der Waals surface area contributed by atoms with Crippen LogP contribution < -0.4 is 21.1 Å². The average molecular weight is 548 g/mol. The van der Waals surface area contributed by atoms with E-state index >= 15 is 0 Å². The van der Waals surface area contributed by atoms with Gasteiger partial charge in [0.05, 0.1) is 5.56 Å². The summed E-state index contributed by atoms with van der Waals surface area (Å²) in [6.45, 7) is -0.604. The van der Waals surface area contributed by atoms with Crippen molar-refractivity contribution in [3.8, 4) is 5.88 Å². The second kappa shape index (κ2) is 11.5. The fraction of sp³-hybridized carbons (Fsp3) is 0.350. The van der Waals surface area contributed by atoms with Gasteiger partial charge in [-0.25, -0.2) is 18.4 Å². The fourth-order valence-electron chi connectivity index (χ4n) is 3.22. The molecule has 0 bridgehead atoms. The Kier molecular flexibility index (Phi) is 8.60. The first-order valence-electron chi connectivity index (χ1n) is 10.3. The minimum atomic E-state index is -1.52. The predicted molar refractivity (Wildman–Crippen MR) is 122 cm³/mol. The molecule has 12 nitrogen and oxygen atoms in total. The SMILES string of the molecule is NC(=O)c1c(OCc2c(F)cc(Cl)cc2F)nsc1NC(=O)NCCC(O)C(=O)N1CCC1C(=O)O. The maximum absolute atomic E-state index is 14.0. The second-order valence-electron chi connectivity index (χ2n) is 7.55. The van der Waals surface area contributed by atoms with Crippen LogP contribution in [0.2, 0.25) is 5.02 Å². The molecule has 6 N–H and O–H groups in total. The monoisotopic (exact) mass is 547 g/mol. The molecular weight excluding hydrogens is 528 g/mol. The zero-order valence-corrected chi connectivity index (χ0v) is 19.9. The number of likely N-dealkylation sites (tertiary alicyclic amines) is 1. The molecule has 16 heteroatoms. The number of urea groups is 1. The van der Waals surface area contributed by atoms with E-state index in [4.69, 9.17) is 27.2 Å². The van der Waals surface area contributed by atoms with Gasteiger partial charge in [-0.05, 0) is 36.5 Å². The molecule has 0 spiro atoms. The van der Waals surface area contributed by atoms with Crippen molar-refractivity contribution in [3.05, 3.63) is 39.9 Å². The second-order valence-corrected chi connectivity index (χ2v) is 8.76. The molecule has 0 aliphatic carbocycles. The molecule has 36 heavy (non-hydrogen) atoms. The van der Waals surface area contributed by atoms with Crippen molar-refractivity contribution >= 4 is 51.9 Å². The van der Waals surface area contributed by atoms with E-state index in [1.165, 1.54) is 0 Å². The van der Waals surface area contributed by atoms with Gasteiger partial charge in [0.2, 0.25) is 5.88 Å². The lowest BCUT2D eigenvalue weighted by atomic mass is 10.0. The summed E-state index contributed by atoms with van der Waals surface area (Å²) in [6, 6.07) is -0.0505. The van der Waals surface area contributed by atoms with E-state index in [9.17, 15) is 33.1 Å². The number of carbonyl (C=O) groups is 4. The van der Waals surface area contributed by atoms with E-state index < -0.39 is 59.8 Å². The van der Waals surface area contributed by atoms with Crippen LogP contribution >= 0.6 is 23.1 Å². The molecule has 194 valence electrons. The number of carbonyl (C=O) groups excluding carboxylic acids is 3. The Balaban J connectivity index is 1.55. The summed E-state index contributed by atoms with van der Waals surface area (Å²) in [5.74, 6) is -5.26. The Hall–Kier alpha value is -3.56. The maximum Gasteiger partial charge on any atom is 0.326 e. The van der Waals surface area contributed by atoms with Crippen LogP contribution in [0.15, 0.2) is 12.1 Å². The highest BCUT2D eigenvalue weighted by molar-refractivity contribution is 7.11. The Labute approximate surface area is 211 Å². The summed E-state index contributed by atoms with van der Waals surface area (Å²) in [4.78, 5) is 48.2. The van der Waals surface area contributed by atoms with Crippen molar-refractivity contribution in [2.45, 2.75) is 31.6 Å². The Bertz CT molecular complexity index is 1170. The highest BCUT2D eigenvalue weighted by Gasteiger charge is 2.39. The quantitative estimate of drug-likeness (QED) is 0.295. The Morgan fingerprint density at radius 1 is 1.31 bits per heavy atom. The zero-order chi connectivity index (χ0) is 26.6. The van der Waals surface area contributed by atoms with Crippen LogP contribution in [0.4, 0.5) is 18.6 Å². The minimum absolute atomic E-state index is 0.117. The number of aliphatic hydroxyl groups is 1. The number of amides is 4. The summed E-state index contributed by atoms with van der Waals surface area (Å²) < 4.78 is 37.0. The molecule has 2 heterocycles. The molecule has 1 fully saturated rings. The lowest BCUT2D eigenvalue weighted by Gasteiger charge is -2.39. The number of ether oxygens (including phenoxy) is 1. The van der Waals surface area contributed by atoms with Crippen LogP contribution in [-0.2, 0) is 16.2 Å². The minimum Gasteiger partial charge on any atom is -0.480 e. The lowest BCUT2D eigenvalue weighted by Crippen LogP contribution is -2.58. The number of anilines is 1. The van der Waals surface area contributed by atoms with E-state index in [-0.39, 0.29) is 41.0 Å². The van der Waals surface area contributed by atoms with Gasteiger partial charge in [-0.1, -0.05) is 11.6 Å². The normalized spacial score (nSPS) is 15.6. The van der Waals surface area contributed by atoms with Gasteiger partial charge in [0.25, 0.3) is 11.8 Å². The van der Waals surface area contributed by atoms with Crippen LogP contribution in [0.3, 0.4) is 0 Å². The standard InChI is InChI=1S/C20H20ClF2N5O7S/c21-8-5-10(22)9(11(23)6-8)7-35-16-14(15(24)30)17(36-27-16)26-20(34)25-3-1-13(29)18(31)28-4-2-12(28)19(32)33/h5-6,12-13,29H,1-4,7H2,(H2,24,30)(H,32,33)(H2,25,26,34). The predicted octanol–water partition coefficient (Wildman–Crippen LogP) is 1.31. The molecule has 2 unspecified atom stereocenters. The van der Waals surface area contributed by atoms with Gasteiger partial charge >= 0.3 is 12.0 Å². The van der Waals surface area contributed by atoms with Crippen LogP contribution in [0, 0.1) is 11.6 Å². The number of nitrogens with zero attached hydrogens (tertiary/aromatic N) is 2. The van der Waals surface area contributed by atoms with Gasteiger partial charge in [0.1, 0.15) is 41.0 Å².